The molecule has 2 aromatic rings. The van der Waals surface area contributed by atoms with E-state index in [1.54, 1.807) is 30.2 Å². The number of benzene rings is 2. The third-order valence-corrected chi connectivity index (χ3v) is 3.69. The van der Waals surface area contributed by atoms with Gasteiger partial charge in [-0.15, -0.1) is 0 Å². The lowest BCUT2D eigenvalue weighted by Gasteiger charge is -2.22. The van der Waals surface area contributed by atoms with Crippen molar-refractivity contribution in [1.29, 1.82) is 5.26 Å². The molecule has 2 rings (SSSR count). The number of carbonyl (C=O) groups is 2. The van der Waals surface area contributed by atoms with Gasteiger partial charge >= 0.3 is 5.97 Å². The molecule has 0 aliphatic heterocycles. The first kappa shape index (κ1) is 19.2. The van der Waals surface area contributed by atoms with E-state index in [1.807, 2.05) is 36.4 Å². The van der Waals surface area contributed by atoms with E-state index in [-0.39, 0.29) is 18.1 Å². The molecule has 0 N–H and O–H groups in total. The van der Waals surface area contributed by atoms with E-state index in [1.165, 1.54) is 6.07 Å². The Hall–Kier alpha value is -3.17. The van der Waals surface area contributed by atoms with E-state index in [0.29, 0.717) is 25.3 Å². The minimum Gasteiger partial charge on any atom is -0.452 e. The van der Waals surface area contributed by atoms with Crippen molar-refractivity contribution in [2.24, 2.45) is 0 Å². The zero-order valence-electron chi connectivity index (χ0n) is 14.6. The number of esters is 1. The summed E-state index contributed by atoms with van der Waals surface area (Å²) in [5.41, 5.74) is 1.57. The molecule has 0 spiro atoms. The Balaban J connectivity index is 1.97. The molecule has 0 fully saturated rings. The fourth-order valence-electron chi connectivity index (χ4n) is 2.31. The molecule has 2 aromatic carbocycles. The van der Waals surface area contributed by atoms with Crippen LogP contribution >= 0.6 is 0 Å². The molecule has 0 bridgehead atoms. The first-order chi connectivity index (χ1) is 12.6. The van der Waals surface area contributed by atoms with Gasteiger partial charge in [-0.3, -0.25) is 4.79 Å². The predicted molar refractivity (Wildman–Crippen MR) is 95.2 cm³/mol. The molecule has 6 nitrogen and oxygen atoms in total. The van der Waals surface area contributed by atoms with Gasteiger partial charge in [0.1, 0.15) is 0 Å². The summed E-state index contributed by atoms with van der Waals surface area (Å²) in [7, 11) is 1.56. The molecule has 0 heterocycles. The largest absolute Gasteiger partial charge is 0.452 e. The van der Waals surface area contributed by atoms with E-state index in [9.17, 15) is 9.59 Å². The summed E-state index contributed by atoms with van der Waals surface area (Å²) in [6.07, 6.45) is 0. The van der Waals surface area contributed by atoms with Crippen molar-refractivity contribution in [2.75, 3.05) is 26.9 Å². The van der Waals surface area contributed by atoms with Crippen molar-refractivity contribution < 1.29 is 19.1 Å². The Morgan fingerprint density at radius 1 is 1.12 bits per heavy atom. The van der Waals surface area contributed by atoms with Crippen LogP contribution < -0.4 is 0 Å². The molecule has 0 radical (unpaired) electrons. The minimum atomic E-state index is -0.637. The SMILES string of the molecule is COCCN(Cc1ccccc1)C(=O)COC(=O)c1cccc(C#N)c1. The first-order valence-corrected chi connectivity index (χ1v) is 8.12. The van der Waals surface area contributed by atoms with Crippen LogP contribution in [0.25, 0.3) is 0 Å². The number of hydrogen-bond acceptors (Lipinski definition) is 5. The molecule has 0 saturated carbocycles. The quantitative estimate of drug-likeness (QED) is 0.682. The number of methoxy groups -OCH3 is 1. The lowest BCUT2D eigenvalue weighted by atomic mass is 10.1. The molecule has 1 amide bonds. The topological polar surface area (TPSA) is 79.6 Å². The highest BCUT2D eigenvalue weighted by Crippen LogP contribution is 2.08. The second kappa shape index (κ2) is 9.97. The summed E-state index contributed by atoms with van der Waals surface area (Å²) in [6, 6.07) is 17.7. The third-order valence-electron chi connectivity index (χ3n) is 3.69. The van der Waals surface area contributed by atoms with Crippen LogP contribution in [0.1, 0.15) is 21.5 Å². The van der Waals surface area contributed by atoms with Crippen LogP contribution in [0.3, 0.4) is 0 Å². The van der Waals surface area contributed by atoms with Gasteiger partial charge in [-0.05, 0) is 23.8 Å². The average molecular weight is 352 g/mol. The van der Waals surface area contributed by atoms with Crippen molar-refractivity contribution >= 4 is 11.9 Å². The van der Waals surface area contributed by atoms with E-state index in [2.05, 4.69) is 0 Å². The molecule has 134 valence electrons. The van der Waals surface area contributed by atoms with Gasteiger partial charge < -0.3 is 14.4 Å². The van der Waals surface area contributed by atoms with Crippen LogP contribution in [0.2, 0.25) is 0 Å². The Labute approximate surface area is 152 Å². The van der Waals surface area contributed by atoms with Gasteiger partial charge in [-0.25, -0.2) is 4.79 Å². The molecule has 0 unspecified atom stereocenters. The first-order valence-electron chi connectivity index (χ1n) is 8.12. The summed E-state index contributed by atoms with van der Waals surface area (Å²) in [5.74, 6) is -0.947. The zero-order valence-corrected chi connectivity index (χ0v) is 14.6. The zero-order chi connectivity index (χ0) is 18.8. The maximum atomic E-state index is 12.5. The van der Waals surface area contributed by atoms with Crippen LogP contribution in [0.4, 0.5) is 0 Å². The fourth-order valence-corrected chi connectivity index (χ4v) is 2.31. The van der Waals surface area contributed by atoms with Crippen LogP contribution in [0.5, 0.6) is 0 Å². The van der Waals surface area contributed by atoms with Crippen molar-refractivity contribution in [2.45, 2.75) is 6.54 Å². The number of rotatable bonds is 8. The molecule has 0 saturated heterocycles. The highest BCUT2D eigenvalue weighted by molar-refractivity contribution is 5.91. The highest BCUT2D eigenvalue weighted by Gasteiger charge is 2.17. The van der Waals surface area contributed by atoms with Gasteiger partial charge in [-0.2, -0.15) is 5.26 Å². The molecular formula is C20H20N2O4. The molecule has 0 aromatic heterocycles. The normalized spacial score (nSPS) is 10.0. The summed E-state index contributed by atoms with van der Waals surface area (Å²) >= 11 is 0. The van der Waals surface area contributed by atoms with Crippen LogP contribution in [0, 0.1) is 11.3 Å². The van der Waals surface area contributed by atoms with Gasteiger partial charge in [0.15, 0.2) is 6.61 Å². The number of nitriles is 1. The van der Waals surface area contributed by atoms with Gasteiger partial charge in [0.05, 0.1) is 23.8 Å². The van der Waals surface area contributed by atoms with Gasteiger partial charge in [0.2, 0.25) is 0 Å². The van der Waals surface area contributed by atoms with E-state index in [4.69, 9.17) is 14.7 Å². The molecule has 0 aliphatic carbocycles. The summed E-state index contributed by atoms with van der Waals surface area (Å²) < 4.78 is 10.2. The van der Waals surface area contributed by atoms with Crippen LogP contribution in [-0.4, -0.2) is 43.6 Å². The Kier molecular flexibility index (Phi) is 7.34. The van der Waals surface area contributed by atoms with E-state index < -0.39 is 5.97 Å². The van der Waals surface area contributed by atoms with Crippen molar-refractivity contribution in [3.8, 4) is 6.07 Å². The highest BCUT2D eigenvalue weighted by atomic mass is 16.5. The molecule has 0 atom stereocenters. The standard InChI is InChI=1S/C20H20N2O4/c1-25-11-10-22(14-16-6-3-2-4-7-16)19(23)15-26-20(24)18-9-5-8-17(12-18)13-21/h2-9,12H,10-11,14-15H2,1H3. The lowest BCUT2D eigenvalue weighted by molar-refractivity contribution is -0.135. The second-order valence-electron chi connectivity index (χ2n) is 5.56. The summed E-state index contributed by atoms with van der Waals surface area (Å²) in [6.45, 7) is 0.819. The average Bonchev–Trinajstić information content (AvgIpc) is 2.69. The molecule has 6 heteroatoms. The summed E-state index contributed by atoms with van der Waals surface area (Å²) in [5, 5.41) is 8.88. The van der Waals surface area contributed by atoms with E-state index in [0.717, 1.165) is 5.56 Å². The number of nitrogens with zero attached hydrogens (tertiary/aromatic N) is 2. The lowest BCUT2D eigenvalue weighted by Crippen LogP contribution is -2.36. The second-order valence-corrected chi connectivity index (χ2v) is 5.56. The Morgan fingerprint density at radius 2 is 1.88 bits per heavy atom. The van der Waals surface area contributed by atoms with Crippen molar-refractivity contribution in [1.82, 2.24) is 4.90 Å². The predicted octanol–water partition coefficient (Wildman–Crippen LogP) is 2.39. The number of amides is 1. The van der Waals surface area contributed by atoms with Crippen molar-refractivity contribution in [3.63, 3.8) is 0 Å². The number of ether oxygens (including phenoxy) is 2. The summed E-state index contributed by atoms with van der Waals surface area (Å²) in [4.78, 5) is 26.1. The molecule has 0 aliphatic rings. The van der Waals surface area contributed by atoms with Gasteiger partial charge in [0, 0.05) is 20.2 Å². The third kappa shape index (κ3) is 5.72. The Bertz CT molecular complexity index is 784. The number of carbonyl (C=O) groups excluding carboxylic acids is 2. The van der Waals surface area contributed by atoms with E-state index >= 15 is 0 Å². The maximum absolute atomic E-state index is 12.5. The van der Waals surface area contributed by atoms with Gasteiger partial charge in [-0.1, -0.05) is 36.4 Å². The minimum absolute atomic E-state index is 0.239. The molecular weight excluding hydrogens is 332 g/mol. The van der Waals surface area contributed by atoms with Crippen LogP contribution in [-0.2, 0) is 20.8 Å². The number of hydrogen-bond donors (Lipinski definition) is 0. The van der Waals surface area contributed by atoms with Gasteiger partial charge in [0.25, 0.3) is 5.91 Å². The molecule has 26 heavy (non-hydrogen) atoms. The Morgan fingerprint density at radius 3 is 2.58 bits per heavy atom. The van der Waals surface area contributed by atoms with Crippen molar-refractivity contribution in [3.05, 3.63) is 71.3 Å². The smallest absolute Gasteiger partial charge is 0.338 e. The van der Waals surface area contributed by atoms with Crippen LogP contribution in [0.15, 0.2) is 54.6 Å². The monoisotopic (exact) mass is 352 g/mol. The fraction of sp³-hybridized carbons (Fsp3) is 0.250. The maximum Gasteiger partial charge on any atom is 0.338 e.